The zero-order valence-corrected chi connectivity index (χ0v) is 12.9. The van der Waals surface area contributed by atoms with E-state index in [0.29, 0.717) is 12.2 Å². The summed E-state index contributed by atoms with van der Waals surface area (Å²) < 4.78 is 0.942. The Labute approximate surface area is 126 Å². The van der Waals surface area contributed by atoms with Crippen LogP contribution in [-0.4, -0.2) is 21.0 Å². The minimum absolute atomic E-state index is 0.0966. The van der Waals surface area contributed by atoms with Crippen LogP contribution < -0.4 is 0 Å². The van der Waals surface area contributed by atoms with Crippen LogP contribution in [0.5, 0.6) is 0 Å². The fourth-order valence-corrected chi connectivity index (χ4v) is 2.56. The number of hydrogen-bond donors (Lipinski definition) is 1. The van der Waals surface area contributed by atoms with Gasteiger partial charge in [0.1, 0.15) is 0 Å². The van der Waals surface area contributed by atoms with Crippen LogP contribution in [0.1, 0.15) is 23.4 Å². The van der Waals surface area contributed by atoms with Gasteiger partial charge in [0.25, 0.3) is 0 Å². The van der Waals surface area contributed by atoms with Crippen molar-refractivity contribution < 1.29 is 9.90 Å². The Bertz CT molecular complexity index is 633. The third-order valence-electron chi connectivity index (χ3n) is 3.12. The second kappa shape index (κ2) is 6.13. The first-order valence-electron chi connectivity index (χ1n) is 6.30. The molecule has 0 saturated carbocycles. The molecule has 2 aromatic rings. The molecule has 5 heteroatoms. The van der Waals surface area contributed by atoms with Crippen molar-refractivity contribution in [2.24, 2.45) is 0 Å². The molecule has 2 rings (SSSR count). The van der Waals surface area contributed by atoms with Crippen molar-refractivity contribution in [2.45, 2.75) is 26.7 Å². The van der Waals surface area contributed by atoms with Gasteiger partial charge in [0, 0.05) is 27.8 Å². The summed E-state index contributed by atoms with van der Waals surface area (Å²) in [5, 5.41) is 8.78. The van der Waals surface area contributed by atoms with Crippen molar-refractivity contribution in [1.29, 1.82) is 0 Å². The van der Waals surface area contributed by atoms with Crippen molar-refractivity contribution in [3.8, 4) is 11.4 Å². The average Bonchev–Trinajstić information content (AvgIpc) is 2.37. The summed E-state index contributed by atoms with van der Waals surface area (Å²) in [7, 11) is 0. The van der Waals surface area contributed by atoms with E-state index in [-0.39, 0.29) is 6.42 Å². The van der Waals surface area contributed by atoms with Crippen LogP contribution in [-0.2, 0) is 11.2 Å². The van der Waals surface area contributed by atoms with Crippen molar-refractivity contribution in [3.63, 3.8) is 0 Å². The molecule has 1 N–H and O–H groups in total. The summed E-state index contributed by atoms with van der Waals surface area (Å²) >= 11 is 3.49. The highest BCUT2D eigenvalue weighted by Crippen LogP contribution is 2.26. The Morgan fingerprint density at radius 3 is 2.35 bits per heavy atom. The van der Waals surface area contributed by atoms with E-state index < -0.39 is 5.97 Å². The topological polar surface area (TPSA) is 63.1 Å². The number of aromatic nitrogens is 2. The van der Waals surface area contributed by atoms with E-state index in [1.54, 1.807) is 0 Å². The lowest BCUT2D eigenvalue weighted by molar-refractivity contribution is -0.136. The van der Waals surface area contributed by atoms with Gasteiger partial charge < -0.3 is 5.11 Å². The number of rotatable bonds is 4. The van der Waals surface area contributed by atoms with Gasteiger partial charge in [-0.1, -0.05) is 34.1 Å². The predicted molar refractivity (Wildman–Crippen MR) is 80.6 cm³/mol. The first-order chi connectivity index (χ1) is 9.49. The standard InChI is InChI=1S/C15H15BrN2O2/c1-9-11(7-8-14(19)20)10(2)18-15(17-9)12-5-3-4-6-13(12)16/h3-6H,7-8H2,1-2H3,(H,19,20). The van der Waals surface area contributed by atoms with Gasteiger partial charge in [0.15, 0.2) is 5.82 Å². The van der Waals surface area contributed by atoms with Gasteiger partial charge in [-0.2, -0.15) is 0 Å². The molecular weight excluding hydrogens is 320 g/mol. The molecule has 0 aliphatic carbocycles. The summed E-state index contributed by atoms with van der Waals surface area (Å²) in [5.41, 5.74) is 3.53. The van der Waals surface area contributed by atoms with E-state index >= 15 is 0 Å². The molecular formula is C15H15BrN2O2. The fraction of sp³-hybridized carbons (Fsp3) is 0.267. The van der Waals surface area contributed by atoms with E-state index in [0.717, 1.165) is 27.0 Å². The molecule has 0 atom stereocenters. The first kappa shape index (κ1) is 14.7. The summed E-state index contributed by atoms with van der Waals surface area (Å²) in [6, 6.07) is 7.78. The van der Waals surface area contributed by atoms with Gasteiger partial charge in [0.05, 0.1) is 0 Å². The van der Waals surface area contributed by atoms with Crippen LogP contribution >= 0.6 is 15.9 Å². The van der Waals surface area contributed by atoms with E-state index in [1.165, 1.54) is 0 Å². The van der Waals surface area contributed by atoms with Gasteiger partial charge in [-0.25, -0.2) is 9.97 Å². The average molecular weight is 335 g/mol. The highest BCUT2D eigenvalue weighted by atomic mass is 79.9. The molecule has 0 amide bonds. The lowest BCUT2D eigenvalue weighted by Crippen LogP contribution is -2.06. The maximum Gasteiger partial charge on any atom is 0.303 e. The number of carboxylic acid groups (broad SMARTS) is 1. The summed E-state index contributed by atoms with van der Waals surface area (Å²) in [5.74, 6) is -0.148. The summed E-state index contributed by atoms with van der Waals surface area (Å²) in [6.07, 6.45) is 0.558. The number of aliphatic carboxylic acids is 1. The van der Waals surface area contributed by atoms with Gasteiger partial charge in [-0.3, -0.25) is 4.79 Å². The van der Waals surface area contributed by atoms with Gasteiger partial charge in [-0.15, -0.1) is 0 Å². The summed E-state index contributed by atoms with van der Waals surface area (Å²) in [6.45, 7) is 3.79. The lowest BCUT2D eigenvalue weighted by atomic mass is 10.1. The Morgan fingerprint density at radius 1 is 1.20 bits per heavy atom. The number of carbonyl (C=O) groups is 1. The molecule has 0 aliphatic heterocycles. The van der Waals surface area contributed by atoms with E-state index in [4.69, 9.17) is 5.11 Å². The first-order valence-corrected chi connectivity index (χ1v) is 7.09. The Hall–Kier alpha value is -1.75. The molecule has 1 aromatic heterocycles. The van der Waals surface area contributed by atoms with Crippen molar-refractivity contribution in [1.82, 2.24) is 9.97 Å². The van der Waals surface area contributed by atoms with Crippen LogP contribution in [0.4, 0.5) is 0 Å². The molecule has 0 bridgehead atoms. The van der Waals surface area contributed by atoms with Crippen LogP contribution in [0.2, 0.25) is 0 Å². The number of hydrogen-bond acceptors (Lipinski definition) is 3. The fourth-order valence-electron chi connectivity index (χ4n) is 2.10. The van der Waals surface area contributed by atoms with Crippen LogP contribution in [0.15, 0.2) is 28.7 Å². The summed E-state index contributed by atoms with van der Waals surface area (Å²) in [4.78, 5) is 19.7. The van der Waals surface area contributed by atoms with Crippen molar-refractivity contribution in [2.75, 3.05) is 0 Å². The van der Waals surface area contributed by atoms with E-state index in [2.05, 4.69) is 25.9 Å². The van der Waals surface area contributed by atoms with Crippen LogP contribution in [0.3, 0.4) is 0 Å². The Kier molecular flexibility index (Phi) is 4.49. The predicted octanol–water partition coefficient (Wildman–Crippen LogP) is 3.54. The normalized spacial score (nSPS) is 10.6. The van der Waals surface area contributed by atoms with E-state index in [9.17, 15) is 4.79 Å². The molecule has 0 spiro atoms. The maximum atomic E-state index is 10.7. The van der Waals surface area contributed by atoms with Gasteiger partial charge >= 0.3 is 5.97 Å². The monoisotopic (exact) mass is 334 g/mol. The second-order valence-electron chi connectivity index (χ2n) is 4.57. The SMILES string of the molecule is Cc1nc(-c2ccccc2Br)nc(C)c1CCC(=O)O. The minimum atomic E-state index is -0.807. The quantitative estimate of drug-likeness (QED) is 0.928. The van der Waals surface area contributed by atoms with Crippen molar-refractivity contribution >= 4 is 21.9 Å². The lowest BCUT2D eigenvalue weighted by Gasteiger charge is -2.11. The third kappa shape index (κ3) is 3.22. The molecule has 0 unspecified atom stereocenters. The molecule has 0 saturated heterocycles. The minimum Gasteiger partial charge on any atom is -0.481 e. The van der Waals surface area contributed by atoms with Crippen molar-refractivity contribution in [3.05, 3.63) is 45.7 Å². The molecule has 20 heavy (non-hydrogen) atoms. The Balaban J connectivity index is 2.40. The molecule has 0 fully saturated rings. The molecule has 104 valence electrons. The highest BCUT2D eigenvalue weighted by molar-refractivity contribution is 9.10. The number of nitrogens with zero attached hydrogens (tertiary/aromatic N) is 2. The zero-order chi connectivity index (χ0) is 14.7. The Morgan fingerprint density at radius 2 is 1.80 bits per heavy atom. The molecule has 0 radical (unpaired) electrons. The number of aryl methyl sites for hydroxylation is 2. The number of benzene rings is 1. The second-order valence-corrected chi connectivity index (χ2v) is 5.42. The maximum absolute atomic E-state index is 10.7. The smallest absolute Gasteiger partial charge is 0.303 e. The molecule has 4 nitrogen and oxygen atoms in total. The number of halogens is 1. The zero-order valence-electron chi connectivity index (χ0n) is 11.4. The highest BCUT2D eigenvalue weighted by Gasteiger charge is 2.12. The van der Waals surface area contributed by atoms with E-state index in [1.807, 2.05) is 38.1 Å². The van der Waals surface area contributed by atoms with Gasteiger partial charge in [0.2, 0.25) is 0 Å². The van der Waals surface area contributed by atoms with Crippen LogP contribution in [0.25, 0.3) is 11.4 Å². The molecule has 1 aromatic carbocycles. The molecule has 0 aliphatic rings. The third-order valence-corrected chi connectivity index (χ3v) is 3.82. The van der Waals surface area contributed by atoms with Gasteiger partial charge in [-0.05, 0) is 31.9 Å². The van der Waals surface area contributed by atoms with Crippen LogP contribution in [0, 0.1) is 13.8 Å². The largest absolute Gasteiger partial charge is 0.481 e. The molecule has 1 heterocycles. The number of carboxylic acids is 1.